The molecule has 0 aliphatic carbocycles. The number of hydrogen-bond donors (Lipinski definition) is 4. The Kier molecular flexibility index (Phi) is 5.16. The molecule has 1 aromatic rings. The first kappa shape index (κ1) is 13.2. The van der Waals surface area contributed by atoms with Crippen molar-refractivity contribution in [2.45, 2.75) is 6.92 Å². The molecule has 1 heterocycles. The number of carbonyl (C=O) groups is 2. The Morgan fingerprint density at radius 1 is 1.53 bits per heavy atom. The Morgan fingerprint density at radius 3 is 2.27 bits per heavy atom. The standard InChI is InChI=1S/C5H5BrN2O3.CH3NO2/c1-2-3(6)4(8-11-2)7-5(9)10;2-1(3)4/h1H3,(H,7,8)(H,9,10);2H2,(H,3,4). The van der Waals surface area contributed by atoms with Crippen LogP contribution in [-0.2, 0) is 0 Å². The third-order valence-electron chi connectivity index (χ3n) is 1.02. The predicted octanol–water partition coefficient (Wildman–Crippen LogP) is 1.46. The highest BCUT2D eigenvalue weighted by Gasteiger charge is 2.10. The molecule has 1 rings (SSSR count). The average molecular weight is 282 g/mol. The third kappa shape index (κ3) is 5.52. The normalized spacial score (nSPS) is 8.67. The molecule has 0 bridgehead atoms. The van der Waals surface area contributed by atoms with Crippen LogP contribution in [0.2, 0.25) is 0 Å². The monoisotopic (exact) mass is 281 g/mol. The van der Waals surface area contributed by atoms with Gasteiger partial charge in [-0.15, -0.1) is 0 Å². The fraction of sp³-hybridized carbons (Fsp3) is 0.167. The van der Waals surface area contributed by atoms with E-state index in [-0.39, 0.29) is 5.82 Å². The van der Waals surface area contributed by atoms with E-state index < -0.39 is 12.2 Å². The lowest BCUT2D eigenvalue weighted by atomic mass is 10.5. The van der Waals surface area contributed by atoms with E-state index >= 15 is 0 Å². The van der Waals surface area contributed by atoms with Crippen LogP contribution in [0.1, 0.15) is 5.76 Å². The first-order valence-electron chi connectivity index (χ1n) is 3.44. The quantitative estimate of drug-likeness (QED) is 0.614. The van der Waals surface area contributed by atoms with Crippen LogP contribution in [0.15, 0.2) is 9.00 Å². The van der Waals surface area contributed by atoms with E-state index in [1.807, 2.05) is 0 Å². The fourth-order valence-electron chi connectivity index (χ4n) is 0.540. The largest absolute Gasteiger partial charge is 0.465 e. The number of nitrogens with zero attached hydrogens (tertiary/aromatic N) is 1. The number of hydrogen-bond acceptors (Lipinski definition) is 4. The molecule has 2 amide bonds. The van der Waals surface area contributed by atoms with Gasteiger partial charge in [-0.2, -0.15) is 0 Å². The second-order valence-electron chi connectivity index (χ2n) is 2.17. The smallest absolute Gasteiger partial charge is 0.410 e. The molecule has 0 radical (unpaired) electrons. The Hall–Kier alpha value is -1.77. The van der Waals surface area contributed by atoms with Gasteiger partial charge in [-0.25, -0.2) is 9.59 Å². The van der Waals surface area contributed by atoms with Crippen molar-refractivity contribution >= 4 is 33.9 Å². The maximum Gasteiger partial charge on any atom is 0.410 e. The maximum atomic E-state index is 10.1. The Balaban J connectivity index is 0.000000423. The molecule has 84 valence electrons. The van der Waals surface area contributed by atoms with Crippen LogP contribution in [0.5, 0.6) is 0 Å². The van der Waals surface area contributed by atoms with Crippen LogP contribution in [0.3, 0.4) is 0 Å². The molecule has 0 spiro atoms. The Labute approximate surface area is 92.2 Å². The molecule has 0 aromatic carbocycles. The second-order valence-corrected chi connectivity index (χ2v) is 2.96. The van der Waals surface area contributed by atoms with Crippen molar-refractivity contribution in [1.82, 2.24) is 5.16 Å². The first-order chi connectivity index (χ1) is 6.84. The summed E-state index contributed by atoms with van der Waals surface area (Å²) < 4.78 is 5.20. The van der Waals surface area contributed by atoms with E-state index in [2.05, 4.69) is 36.7 Å². The number of carboxylic acid groups (broad SMARTS) is 2. The number of rotatable bonds is 1. The highest BCUT2D eigenvalue weighted by molar-refractivity contribution is 9.10. The highest BCUT2D eigenvalue weighted by atomic mass is 79.9. The zero-order valence-corrected chi connectivity index (χ0v) is 9.11. The van der Waals surface area contributed by atoms with Crippen molar-refractivity contribution in [3.05, 3.63) is 10.2 Å². The van der Waals surface area contributed by atoms with Gasteiger partial charge >= 0.3 is 12.2 Å². The third-order valence-corrected chi connectivity index (χ3v) is 1.95. The number of anilines is 1. The topological polar surface area (TPSA) is 139 Å². The molecular formula is C6H8BrN3O5. The van der Waals surface area contributed by atoms with Crippen LogP contribution in [-0.4, -0.2) is 27.6 Å². The van der Waals surface area contributed by atoms with Gasteiger partial charge in [0.15, 0.2) is 5.82 Å². The van der Waals surface area contributed by atoms with E-state index in [1.165, 1.54) is 0 Å². The summed E-state index contributed by atoms with van der Waals surface area (Å²) in [5.74, 6) is 0.712. The molecule has 0 fully saturated rings. The number of nitrogens with two attached hydrogens (primary N) is 1. The summed E-state index contributed by atoms with van der Waals surface area (Å²) in [5, 5.41) is 21.0. The van der Waals surface area contributed by atoms with Crippen LogP contribution in [0, 0.1) is 6.92 Å². The van der Waals surface area contributed by atoms with Crippen LogP contribution in [0.4, 0.5) is 15.4 Å². The number of aromatic nitrogens is 1. The molecule has 8 nitrogen and oxygen atoms in total. The number of nitrogens with one attached hydrogen (secondary N) is 1. The molecule has 15 heavy (non-hydrogen) atoms. The second kappa shape index (κ2) is 5.86. The number of aryl methyl sites for hydroxylation is 1. The van der Waals surface area contributed by atoms with Gasteiger partial charge in [0.25, 0.3) is 0 Å². The summed E-state index contributed by atoms with van der Waals surface area (Å²) in [5.41, 5.74) is 4.03. The van der Waals surface area contributed by atoms with E-state index in [1.54, 1.807) is 6.92 Å². The first-order valence-corrected chi connectivity index (χ1v) is 4.24. The highest BCUT2D eigenvalue weighted by Crippen LogP contribution is 2.24. The Morgan fingerprint density at radius 2 is 2.00 bits per heavy atom. The number of halogens is 1. The zero-order chi connectivity index (χ0) is 12.0. The molecule has 0 unspecified atom stereocenters. The van der Waals surface area contributed by atoms with E-state index in [0.29, 0.717) is 10.2 Å². The van der Waals surface area contributed by atoms with Crippen molar-refractivity contribution < 1.29 is 24.3 Å². The van der Waals surface area contributed by atoms with Gasteiger partial charge in [-0.3, -0.25) is 5.32 Å². The van der Waals surface area contributed by atoms with Gasteiger partial charge in [0.2, 0.25) is 0 Å². The van der Waals surface area contributed by atoms with E-state index in [9.17, 15) is 4.79 Å². The summed E-state index contributed by atoms with van der Waals surface area (Å²) in [6, 6.07) is 0. The predicted molar refractivity (Wildman–Crippen MR) is 52.8 cm³/mol. The van der Waals surface area contributed by atoms with Gasteiger partial charge in [0, 0.05) is 0 Å². The van der Waals surface area contributed by atoms with Crippen molar-refractivity contribution in [2.24, 2.45) is 5.73 Å². The van der Waals surface area contributed by atoms with Crippen molar-refractivity contribution in [3.8, 4) is 0 Å². The summed E-state index contributed by atoms with van der Waals surface area (Å²) in [4.78, 5) is 18.9. The molecule has 0 atom stereocenters. The van der Waals surface area contributed by atoms with Gasteiger partial charge < -0.3 is 20.5 Å². The minimum Gasteiger partial charge on any atom is -0.465 e. The zero-order valence-electron chi connectivity index (χ0n) is 7.52. The lowest BCUT2D eigenvalue weighted by Crippen LogP contribution is -2.07. The summed E-state index contributed by atoms with van der Waals surface area (Å²) in [7, 11) is 0. The van der Waals surface area contributed by atoms with E-state index in [0.717, 1.165) is 0 Å². The summed E-state index contributed by atoms with van der Waals surface area (Å²) >= 11 is 3.10. The van der Waals surface area contributed by atoms with Crippen molar-refractivity contribution in [3.63, 3.8) is 0 Å². The average Bonchev–Trinajstić information content (AvgIpc) is 2.34. The molecule has 9 heteroatoms. The number of amides is 2. The van der Waals surface area contributed by atoms with Crippen molar-refractivity contribution in [2.75, 3.05) is 5.32 Å². The molecule has 0 aliphatic rings. The molecular weight excluding hydrogens is 274 g/mol. The van der Waals surface area contributed by atoms with Gasteiger partial charge in [0.05, 0.1) is 0 Å². The van der Waals surface area contributed by atoms with Crippen LogP contribution in [0.25, 0.3) is 0 Å². The van der Waals surface area contributed by atoms with E-state index in [4.69, 9.17) is 15.0 Å². The fourth-order valence-corrected chi connectivity index (χ4v) is 0.784. The lowest BCUT2D eigenvalue weighted by molar-refractivity contribution is 0.205. The molecule has 5 N–H and O–H groups in total. The van der Waals surface area contributed by atoms with Gasteiger partial charge in [-0.1, -0.05) is 5.16 Å². The number of primary amides is 1. The SMILES string of the molecule is Cc1onc(NC(=O)O)c1Br.NC(=O)O. The van der Waals surface area contributed by atoms with Gasteiger partial charge in [-0.05, 0) is 22.9 Å². The summed E-state index contributed by atoms with van der Waals surface area (Å²) in [6.45, 7) is 1.67. The lowest BCUT2D eigenvalue weighted by Gasteiger charge is -1.91. The molecule has 0 saturated heterocycles. The minimum atomic E-state index is -1.33. The van der Waals surface area contributed by atoms with Crippen LogP contribution >= 0.6 is 15.9 Å². The van der Waals surface area contributed by atoms with Crippen molar-refractivity contribution in [1.29, 1.82) is 0 Å². The minimum absolute atomic E-state index is 0.176. The van der Waals surface area contributed by atoms with Gasteiger partial charge in [0.1, 0.15) is 10.2 Å². The summed E-state index contributed by atoms with van der Waals surface area (Å²) in [6.07, 6.45) is -2.50. The molecule has 0 aliphatic heterocycles. The maximum absolute atomic E-state index is 10.1. The van der Waals surface area contributed by atoms with Crippen LogP contribution < -0.4 is 11.1 Å². The molecule has 0 saturated carbocycles. The molecule has 1 aromatic heterocycles. The Bertz CT molecular complexity index is 360.